The number of hydrogen-bond acceptors (Lipinski definition) is 8. The number of phosphoric acid groups is 1. The van der Waals surface area contributed by atoms with Crippen molar-refractivity contribution < 1.29 is 42.1 Å². The fourth-order valence-electron chi connectivity index (χ4n) is 11.2. The number of nitrogens with zero attached hydrogens (tertiary/aromatic N) is 1. The van der Waals surface area contributed by atoms with Gasteiger partial charge in [-0.3, -0.25) is 14.2 Å². The van der Waals surface area contributed by atoms with Gasteiger partial charge in [-0.1, -0.05) is 368 Å². The molecule has 0 aliphatic rings. The summed E-state index contributed by atoms with van der Waals surface area (Å²) in [6.45, 7) is 4.16. The fourth-order valence-corrected chi connectivity index (χ4v) is 11.9. The third-order valence-electron chi connectivity index (χ3n) is 17.1. The first-order valence-electron chi connectivity index (χ1n) is 38.9. The Balaban J connectivity index is 4.00. The molecule has 2 unspecified atom stereocenters. The average molecular weight is 1310 g/mol. The molecule has 0 saturated carbocycles. The Labute approximate surface area is 570 Å². The summed E-state index contributed by atoms with van der Waals surface area (Å²) in [5.41, 5.74) is 0. The zero-order valence-electron chi connectivity index (χ0n) is 61.0. The van der Waals surface area contributed by atoms with Gasteiger partial charge in [0.05, 0.1) is 27.7 Å². The largest absolute Gasteiger partial charge is 0.756 e. The highest BCUT2D eigenvalue weighted by Gasteiger charge is 2.22. The first kappa shape index (κ1) is 88.9. The molecule has 0 aliphatic heterocycles. The second-order valence-corrected chi connectivity index (χ2v) is 28.8. The number of quaternary nitrogens is 1. The summed E-state index contributed by atoms with van der Waals surface area (Å²) in [4.78, 5) is 38.2. The van der Waals surface area contributed by atoms with Crippen LogP contribution in [-0.4, -0.2) is 70.0 Å². The van der Waals surface area contributed by atoms with Gasteiger partial charge in [0.2, 0.25) is 0 Å². The third kappa shape index (κ3) is 76.0. The van der Waals surface area contributed by atoms with E-state index in [0.29, 0.717) is 17.4 Å². The molecule has 0 amide bonds. The number of unbranched alkanes of at least 4 members (excludes halogenated alkanes) is 42. The van der Waals surface area contributed by atoms with Crippen LogP contribution in [0, 0.1) is 0 Å². The van der Waals surface area contributed by atoms with Gasteiger partial charge in [0.25, 0.3) is 7.82 Å². The lowest BCUT2D eigenvalue weighted by Crippen LogP contribution is -2.37. The molecule has 0 aromatic carbocycles. The molecule has 92 heavy (non-hydrogen) atoms. The molecule has 0 radical (unpaired) electrons. The molecule has 0 aromatic rings. The number of allylic oxidation sites excluding steroid dienone is 16. The molecular formula is C82H148NO8P. The minimum atomic E-state index is -4.65. The Morgan fingerprint density at radius 3 is 0.924 bits per heavy atom. The van der Waals surface area contributed by atoms with E-state index in [2.05, 4.69) is 111 Å². The predicted molar refractivity (Wildman–Crippen MR) is 397 cm³/mol. The molecule has 0 fully saturated rings. The zero-order chi connectivity index (χ0) is 66.9. The van der Waals surface area contributed by atoms with E-state index < -0.39 is 26.5 Å². The summed E-state index contributed by atoms with van der Waals surface area (Å²) in [5, 5.41) is 0. The van der Waals surface area contributed by atoms with Crippen LogP contribution < -0.4 is 4.89 Å². The summed E-state index contributed by atoms with van der Waals surface area (Å²) >= 11 is 0. The van der Waals surface area contributed by atoms with Gasteiger partial charge in [-0.15, -0.1) is 0 Å². The maximum atomic E-state index is 12.9. The molecule has 0 saturated heterocycles. The molecule has 0 heterocycles. The van der Waals surface area contributed by atoms with Crippen LogP contribution in [0.1, 0.15) is 361 Å². The number of esters is 2. The van der Waals surface area contributed by atoms with Gasteiger partial charge in [-0.25, -0.2) is 0 Å². The lowest BCUT2D eigenvalue weighted by atomic mass is 10.0. The highest BCUT2D eigenvalue weighted by molar-refractivity contribution is 7.45. The standard InChI is InChI=1S/C82H148NO8P/c1-6-8-10-12-14-16-18-20-22-24-26-28-30-32-34-36-38-40-41-43-44-46-48-50-52-54-56-58-60-62-64-66-68-70-72-74-81(84)88-78-80(79-90-92(86,87)89-77-76-83(3,4)5)91-82(85)75-73-71-69-67-65-63-61-59-57-55-53-51-49-47-45-42-39-37-35-33-31-29-27-25-23-21-19-17-15-13-11-9-7-2/h9,11,15,17,21,23,27,29,33,35,39,42,47,49,53,55,80H,6-8,10,12-14,16,18-20,22,24-26,28,30-32,34,36-38,40-41,43-46,48,50-52,54,56-79H2,1-5H3/b11-9-,17-15-,23-21-,29-27-,35-33-,42-39-,49-47-,55-53-. The Morgan fingerprint density at radius 2 is 0.620 bits per heavy atom. The Bertz CT molecular complexity index is 1880. The third-order valence-corrected chi connectivity index (χ3v) is 18.1. The summed E-state index contributed by atoms with van der Waals surface area (Å²) in [6, 6.07) is 0. The van der Waals surface area contributed by atoms with E-state index in [-0.39, 0.29) is 32.0 Å². The van der Waals surface area contributed by atoms with Crippen molar-refractivity contribution in [3.8, 4) is 0 Å². The Hall–Kier alpha value is -3.07. The summed E-state index contributed by atoms with van der Waals surface area (Å²) in [6.07, 6.45) is 101. The molecule has 2 atom stereocenters. The average Bonchev–Trinajstić information content (AvgIpc) is 2.23. The normalized spacial score (nSPS) is 13.6. The van der Waals surface area contributed by atoms with Gasteiger partial charge >= 0.3 is 11.9 Å². The summed E-state index contributed by atoms with van der Waals surface area (Å²) in [5.74, 6) is -0.832. The lowest BCUT2D eigenvalue weighted by molar-refractivity contribution is -0.870. The van der Waals surface area contributed by atoms with Crippen LogP contribution >= 0.6 is 7.82 Å². The first-order chi connectivity index (χ1) is 45.0. The molecular weight excluding hydrogens is 1160 g/mol. The van der Waals surface area contributed by atoms with Gasteiger partial charge in [0, 0.05) is 12.8 Å². The number of rotatable bonds is 72. The quantitative estimate of drug-likeness (QED) is 0.0195. The number of carbonyl (C=O) groups excluding carboxylic acids is 2. The van der Waals surface area contributed by atoms with Crippen molar-refractivity contribution in [2.45, 2.75) is 367 Å². The lowest BCUT2D eigenvalue weighted by Gasteiger charge is -2.28. The van der Waals surface area contributed by atoms with Crippen molar-refractivity contribution in [3.63, 3.8) is 0 Å². The molecule has 0 spiro atoms. The summed E-state index contributed by atoms with van der Waals surface area (Å²) < 4.78 is 34.4. The van der Waals surface area contributed by atoms with Crippen molar-refractivity contribution in [2.75, 3.05) is 47.5 Å². The SMILES string of the molecule is CC/C=C\C/C=C\C/C=C\C/C=C\C/C=C\C/C=C\C/C=C\C/C=C\CCCCCCCCCCC(=O)OC(COC(=O)CCCCCCCCCCCCCCCCCCCCCCCCCCCCCCCCCCCCC)COP(=O)([O-])OCC[N+](C)(C)C. The number of ether oxygens (including phenoxy) is 2. The smallest absolute Gasteiger partial charge is 0.306 e. The van der Waals surface area contributed by atoms with Crippen LogP contribution in [0.4, 0.5) is 0 Å². The van der Waals surface area contributed by atoms with E-state index in [1.165, 1.54) is 231 Å². The highest BCUT2D eigenvalue weighted by atomic mass is 31.2. The maximum Gasteiger partial charge on any atom is 0.306 e. The topological polar surface area (TPSA) is 111 Å². The number of likely N-dealkylation sites (N-methyl/N-ethyl adjacent to an activating group) is 1. The van der Waals surface area contributed by atoms with E-state index in [0.717, 1.165) is 96.3 Å². The molecule has 0 N–H and O–H groups in total. The van der Waals surface area contributed by atoms with Crippen LogP contribution in [0.2, 0.25) is 0 Å². The van der Waals surface area contributed by atoms with Crippen LogP contribution in [0.25, 0.3) is 0 Å². The highest BCUT2D eigenvalue weighted by Crippen LogP contribution is 2.38. The molecule has 0 bridgehead atoms. The number of phosphoric ester groups is 1. The second kappa shape index (κ2) is 72.2. The van der Waals surface area contributed by atoms with Gasteiger partial charge in [0.15, 0.2) is 6.10 Å². The van der Waals surface area contributed by atoms with Crippen LogP contribution in [0.15, 0.2) is 97.2 Å². The van der Waals surface area contributed by atoms with Crippen LogP contribution in [-0.2, 0) is 32.7 Å². The Kier molecular flexibility index (Phi) is 69.8. The minimum absolute atomic E-state index is 0.0352. The van der Waals surface area contributed by atoms with E-state index in [1.807, 2.05) is 21.1 Å². The zero-order valence-corrected chi connectivity index (χ0v) is 61.9. The van der Waals surface area contributed by atoms with Crippen molar-refractivity contribution in [2.24, 2.45) is 0 Å². The summed E-state index contributed by atoms with van der Waals surface area (Å²) in [7, 11) is 1.16. The van der Waals surface area contributed by atoms with E-state index in [4.69, 9.17) is 18.5 Å². The molecule has 0 aromatic heterocycles. The molecule has 0 rings (SSSR count). The van der Waals surface area contributed by atoms with E-state index in [9.17, 15) is 19.0 Å². The minimum Gasteiger partial charge on any atom is -0.756 e. The van der Waals surface area contributed by atoms with Crippen LogP contribution in [0.3, 0.4) is 0 Å². The van der Waals surface area contributed by atoms with Gasteiger partial charge in [-0.2, -0.15) is 0 Å². The second-order valence-electron chi connectivity index (χ2n) is 27.4. The van der Waals surface area contributed by atoms with Gasteiger partial charge in [-0.05, 0) is 77.0 Å². The van der Waals surface area contributed by atoms with Crippen LogP contribution in [0.5, 0.6) is 0 Å². The maximum absolute atomic E-state index is 12.9. The number of hydrogen-bond donors (Lipinski definition) is 0. The van der Waals surface area contributed by atoms with E-state index >= 15 is 0 Å². The number of carbonyl (C=O) groups is 2. The molecule has 534 valence electrons. The monoisotopic (exact) mass is 1310 g/mol. The predicted octanol–water partition coefficient (Wildman–Crippen LogP) is 25.2. The molecule has 10 heteroatoms. The van der Waals surface area contributed by atoms with Crippen molar-refractivity contribution in [1.82, 2.24) is 0 Å². The molecule has 9 nitrogen and oxygen atoms in total. The van der Waals surface area contributed by atoms with Crippen molar-refractivity contribution in [1.29, 1.82) is 0 Å². The van der Waals surface area contributed by atoms with Crippen molar-refractivity contribution in [3.05, 3.63) is 97.2 Å². The first-order valence-corrected chi connectivity index (χ1v) is 40.4. The fraction of sp³-hybridized carbons (Fsp3) is 0.780. The van der Waals surface area contributed by atoms with Crippen molar-refractivity contribution >= 4 is 19.8 Å². The Morgan fingerprint density at radius 1 is 0.348 bits per heavy atom. The van der Waals surface area contributed by atoms with Gasteiger partial charge in [0.1, 0.15) is 19.8 Å². The van der Waals surface area contributed by atoms with Gasteiger partial charge < -0.3 is 27.9 Å². The van der Waals surface area contributed by atoms with E-state index in [1.54, 1.807) is 0 Å². The molecule has 0 aliphatic carbocycles.